The zero-order valence-corrected chi connectivity index (χ0v) is 11.3. The molecule has 0 aliphatic rings. The molecule has 0 spiro atoms. The highest BCUT2D eigenvalue weighted by atomic mass is 32.2. The normalized spacial score (nSPS) is 12.9. The minimum Gasteiger partial charge on any atom is -0.312 e. The van der Waals surface area contributed by atoms with Gasteiger partial charge in [0.15, 0.2) is 0 Å². The smallest absolute Gasteiger partial charge is 0.0705 e. The lowest BCUT2D eigenvalue weighted by Gasteiger charge is -2.15. The Kier molecular flexibility index (Phi) is 4.02. The van der Waals surface area contributed by atoms with Crippen LogP contribution in [0, 0.1) is 6.92 Å². The third-order valence-electron chi connectivity index (χ3n) is 2.94. The molecule has 3 heteroatoms. The lowest BCUT2D eigenvalue weighted by Crippen LogP contribution is -2.18. The van der Waals surface area contributed by atoms with E-state index >= 15 is 0 Å². The Labute approximate surface area is 107 Å². The minimum absolute atomic E-state index is 0.413. The molecule has 0 fully saturated rings. The van der Waals surface area contributed by atoms with Crippen molar-refractivity contribution in [3.63, 3.8) is 0 Å². The first-order valence-electron chi connectivity index (χ1n) is 5.78. The molecule has 0 amide bonds. The molecule has 1 aromatic carbocycles. The van der Waals surface area contributed by atoms with Gasteiger partial charge in [0.25, 0.3) is 0 Å². The number of aryl methyl sites for hydroxylation is 1. The van der Waals surface area contributed by atoms with Crippen LogP contribution in [0.15, 0.2) is 30.3 Å². The van der Waals surface area contributed by atoms with E-state index in [9.17, 15) is 0 Å². The summed E-state index contributed by atoms with van der Waals surface area (Å²) in [5.41, 5.74) is 3.48. The van der Waals surface area contributed by atoms with Crippen molar-refractivity contribution in [3.8, 4) is 0 Å². The van der Waals surface area contributed by atoms with Gasteiger partial charge in [0, 0.05) is 22.9 Å². The maximum Gasteiger partial charge on any atom is 0.0705 e. The van der Waals surface area contributed by atoms with Gasteiger partial charge in [-0.15, -0.1) is 0 Å². The van der Waals surface area contributed by atoms with E-state index in [0.717, 1.165) is 17.0 Å². The molecule has 0 aliphatic heterocycles. The van der Waals surface area contributed by atoms with Crippen LogP contribution in [0.3, 0.4) is 0 Å². The molecule has 1 N–H and O–H groups in total. The van der Waals surface area contributed by atoms with Crippen LogP contribution in [0.25, 0.3) is 10.9 Å². The molecule has 1 atom stereocenters. The number of hydrogen-bond donors (Lipinski definition) is 1. The number of rotatable bonds is 4. The molecule has 2 rings (SSSR count). The van der Waals surface area contributed by atoms with E-state index in [4.69, 9.17) is 0 Å². The molecule has 1 aromatic heterocycles. The van der Waals surface area contributed by atoms with E-state index in [1.807, 2.05) is 25.7 Å². The second-order valence-corrected chi connectivity index (χ2v) is 5.11. The van der Waals surface area contributed by atoms with Gasteiger partial charge in [-0.3, -0.25) is 4.98 Å². The van der Waals surface area contributed by atoms with Crippen LogP contribution in [0.2, 0.25) is 0 Å². The Hall–Kier alpha value is -1.06. The lowest BCUT2D eigenvalue weighted by atomic mass is 10.1. The van der Waals surface area contributed by atoms with Crippen molar-refractivity contribution in [1.82, 2.24) is 10.3 Å². The summed E-state index contributed by atoms with van der Waals surface area (Å²) in [4.78, 5) is 4.52. The Bertz CT molecular complexity index is 511. The molecule has 0 saturated heterocycles. The molecule has 2 nitrogen and oxygen atoms in total. The number of fused-ring (bicyclic) bond motifs is 1. The SMILES string of the molecule is CNC(CSC)c1ccc2nc(C)ccc2c1. The Morgan fingerprint density at radius 3 is 2.82 bits per heavy atom. The minimum atomic E-state index is 0.413. The van der Waals surface area contributed by atoms with E-state index in [2.05, 4.69) is 46.9 Å². The summed E-state index contributed by atoms with van der Waals surface area (Å²) in [5.74, 6) is 1.08. The standard InChI is InChI=1S/C14H18N2S/c1-10-4-5-11-8-12(6-7-13(11)16-10)14(15-2)9-17-3/h4-8,14-15H,9H2,1-3H3. The van der Waals surface area contributed by atoms with Crippen molar-refractivity contribution in [2.75, 3.05) is 19.1 Å². The van der Waals surface area contributed by atoms with Gasteiger partial charge >= 0.3 is 0 Å². The molecule has 17 heavy (non-hydrogen) atoms. The van der Waals surface area contributed by atoms with Crippen molar-refractivity contribution in [2.45, 2.75) is 13.0 Å². The Morgan fingerprint density at radius 1 is 1.29 bits per heavy atom. The molecule has 0 saturated carbocycles. The average molecular weight is 246 g/mol. The summed E-state index contributed by atoms with van der Waals surface area (Å²) in [7, 11) is 2.01. The van der Waals surface area contributed by atoms with Crippen molar-refractivity contribution in [1.29, 1.82) is 0 Å². The van der Waals surface area contributed by atoms with Gasteiger partial charge in [0.05, 0.1) is 5.52 Å². The maximum atomic E-state index is 4.52. The van der Waals surface area contributed by atoms with Gasteiger partial charge < -0.3 is 5.32 Å². The molecule has 1 unspecified atom stereocenters. The molecular weight excluding hydrogens is 228 g/mol. The zero-order chi connectivity index (χ0) is 12.3. The Morgan fingerprint density at radius 2 is 2.12 bits per heavy atom. The third kappa shape index (κ3) is 2.79. The van der Waals surface area contributed by atoms with Gasteiger partial charge in [-0.2, -0.15) is 11.8 Å². The monoisotopic (exact) mass is 246 g/mol. The van der Waals surface area contributed by atoms with E-state index in [1.54, 1.807) is 0 Å². The van der Waals surface area contributed by atoms with Crippen LogP contribution in [0.5, 0.6) is 0 Å². The van der Waals surface area contributed by atoms with Gasteiger partial charge in [0.2, 0.25) is 0 Å². The number of hydrogen-bond acceptors (Lipinski definition) is 3. The van der Waals surface area contributed by atoms with Crippen LogP contribution in [0.4, 0.5) is 0 Å². The summed E-state index contributed by atoms with van der Waals surface area (Å²) < 4.78 is 0. The van der Waals surface area contributed by atoms with E-state index in [-0.39, 0.29) is 0 Å². The number of benzene rings is 1. The fourth-order valence-electron chi connectivity index (χ4n) is 1.98. The second-order valence-electron chi connectivity index (χ2n) is 4.20. The quantitative estimate of drug-likeness (QED) is 0.897. The number of nitrogens with zero attached hydrogens (tertiary/aromatic N) is 1. The third-order valence-corrected chi connectivity index (χ3v) is 3.60. The fraction of sp³-hybridized carbons (Fsp3) is 0.357. The average Bonchev–Trinajstić information content (AvgIpc) is 2.35. The van der Waals surface area contributed by atoms with Crippen LogP contribution < -0.4 is 5.32 Å². The van der Waals surface area contributed by atoms with E-state index in [0.29, 0.717) is 6.04 Å². The lowest BCUT2D eigenvalue weighted by molar-refractivity contribution is 0.663. The van der Waals surface area contributed by atoms with E-state index < -0.39 is 0 Å². The highest BCUT2D eigenvalue weighted by Gasteiger charge is 2.08. The molecule has 0 bridgehead atoms. The number of thioether (sulfide) groups is 1. The van der Waals surface area contributed by atoms with Crippen LogP contribution in [-0.4, -0.2) is 24.0 Å². The summed E-state index contributed by atoms with van der Waals surface area (Å²) in [6.07, 6.45) is 2.14. The first kappa shape index (κ1) is 12.4. The highest BCUT2D eigenvalue weighted by Crippen LogP contribution is 2.21. The van der Waals surface area contributed by atoms with Gasteiger partial charge in [-0.1, -0.05) is 12.1 Å². The van der Waals surface area contributed by atoms with Crippen LogP contribution >= 0.6 is 11.8 Å². The summed E-state index contributed by atoms with van der Waals surface area (Å²) >= 11 is 1.86. The van der Waals surface area contributed by atoms with Crippen molar-refractivity contribution < 1.29 is 0 Å². The molecule has 0 aliphatic carbocycles. The summed E-state index contributed by atoms with van der Waals surface area (Å²) in [6.45, 7) is 2.03. The van der Waals surface area contributed by atoms with Crippen LogP contribution in [0.1, 0.15) is 17.3 Å². The van der Waals surface area contributed by atoms with E-state index in [1.165, 1.54) is 10.9 Å². The largest absolute Gasteiger partial charge is 0.312 e. The predicted molar refractivity (Wildman–Crippen MR) is 76.7 cm³/mol. The zero-order valence-electron chi connectivity index (χ0n) is 10.5. The molecule has 0 radical (unpaired) electrons. The summed E-state index contributed by atoms with van der Waals surface area (Å²) in [5, 5.41) is 4.57. The molecule has 2 aromatic rings. The maximum absolute atomic E-state index is 4.52. The first-order chi connectivity index (χ1) is 8.24. The van der Waals surface area contributed by atoms with Gasteiger partial charge in [-0.05, 0) is 44.0 Å². The fourth-order valence-corrected chi connectivity index (χ4v) is 2.67. The number of nitrogens with one attached hydrogen (secondary N) is 1. The first-order valence-corrected chi connectivity index (χ1v) is 7.17. The number of pyridine rings is 1. The highest BCUT2D eigenvalue weighted by molar-refractivity contribution is 7.98. The molecule has 1 heterocycles. The van der Waals surface area contributed by atoms with Crippen molar-refractivity contribution >= 4 is 22.7 Å². The predicted octanol–water partition coefficient (Wildman–Crippen LogP) is 3.17. The Balaban J connectivity index is 2.40. The van der Waals surface area contributed by atoms with Crippen molar-refractivity contribution in [2.24, 2.45) is 0 Å². The topological polar surface area (TPSA) is 24.9 Å². The van der Waals surface area contributed by atoms with Crippen LogP contribution in [-0.2, 0) is 0 Å². The van der Waals surface area contributed by atoms with Gasteiger partial charge in [0.1, 0.15) is 0 Å². The van der Waals surface area contributed by atoms with Crippen molar-refractivity contribution in [3.05, 3.63) is 41.6 Å². The molecular formula is C14H18N2S. The number of aromatic nitrogens is 1. The second kappa shape index (κ2) is 5.52. The molecule has 90 valence electrons. The van der Waals surface area contributed by atoms with Gasteiger partial charge in [-0.25, -0.2) is 0 Å². The summed E-state index contributed by atoms with van der Waals surface area (Å²) in [6, 6.07) is 11.1.